The zero-order valence-corrected chi connectivity index (χ0v) is 21.9. The number of urea groups is 1. The van der Waals surface area contributed by atoms with E-state index in [1.165, 1.54) is 33.5 Å². The van der Waals surface area contributed by atoms with Gasteiger partial charge in [-0.3, -0.25) is 9.80 Å². The second kappa shape index (κ2) is 11.0. The van der Waals surface area contributed by atoms with Crippen molar-refractivity contribution in [2.45, 2.75) is 30.8 Å². The molecule has 1 saturated heterocycles. The Morgan fingerprint density at radius 1 is 1.11 bits per heavy atom. The number of nitrogens with zero attached hydrogens (tertiary/aromatic N) is 3. The first-order valence-corrected chi connectivity index (χ1v) is 13.6. The van der Waals surface area contributed by atoms with Crippen LogP contribution in [0.3, 0.4) is 0 Å². The Morgan fingerprint density at radius 2 is 1.78 bits per heavy atom. The van der Waals surface area contributed by atoms with Crippen molar-refractivity contribution >= 4 is 22.0 Å². The lowest BCUT2D eigenvalue weighted by Crippen LogP contribution is -2.56. The van der Waals surface area contributed by atoms with Crippen molar-refractivity contribution in [2.75, 3.05) is 39.8 Å². The van der Waals surface area contributed by atoms with Crippen molar-refractivity contribution in [3.8, 4) is 0 Å². The highest BCUT2D eigenvalue weighted by Crippen LogP contribution is 2.32. The van der Waals surface area contributed by atoms with E-state index in [1.54, 1.807) is 44.3 Å². The van der Waals surface area contributed by atoms with E-state index in [-0.39, 0.29) is 36.2 Å². The van der Waals surface area contributed by atoms with Gasteiger partial charge in [0.05, 0.1) is 23.1 Å². The van der Waals surface area contributed by atoms with Gasteiger partial charge in [0.2, 0.25) is 10.0 Å². The van der Waals surface area contributed by atoms with Crippen molar-refractivity contribution < 1.29 is 27.1 Å². The fraction of sp³-hybridized carbons (Fsp3) is 0.385. The number of esters is 1. The normalized spacial score (nSPS) is 21.6. The van der Waals surface area contributed by atoms with Crippen LogP contribution in [0.15, 0.2) is 70.8 Å². The van der Waals surface area contributed by atoms with Crippen LogP contribution in [0.4, 0.5) is 9.18 Å². The van der Waals surface area contributed by atoms with Gasteiger partial charge >= 0.3 is 12.0 Å². The molecule has 4 rings (SSSR count). The van der Waals surface area contributed by atoms with E-state index in [1.807, 2.05) is 11.8 Å². The molecule has 1 fully saturated rings. The Hall–Kier alpha value is -3.28. The summed E-state index contributed by atoms with van der Waals surface area (Å²) in [7, 11) is -2.08. The molecule has 2 aliphatic heterocycles. The Bertz CT molecular complexity index is 1280. The number of benzene rings is 2. The third-order valence-electron chi connectivity index (χ3n) is 6.65. The molecule has 9 nitrogen and oxygen atoms in total. The lowest BCUT2D eigenvalue weighted by atomic mass is 9.94. The van der Waals surface area contributed by atoms with Gasteiger partial charge in [-0.2, -0.15) is 4.31 Å². The van der Waals surface area contributed by atoms with Crippen LogP contribution in [0.1, 0.15) is 25.5 Å². The Balaban J connectivity index is 1.62. The van der Waals surface area contributed by atoms with Crippen LogP contribution < -0.4 is 5.32 Å². The highest BCUT2D eigenvalue weighted by atomic mass is 32.2. The minimum absolute atomic E-state index is 0.149. The number of rotatable bonds is 7. The Kier molecular flexibility index (Phi) is 7.96. The van der Waals surface area contributed by atoms with Crippen LogP contribution in [-0.4, -0.2) is 80.4 Å². The van der Waals surface area contributed by atoms with E-state index < -0.39 is 33.9 Å². The highest BCUT2D eigenvalue weighted by Gasteiger charge is 2.39. The third kappa shape index (κ3) is 5.53. The minimum Gasteiger partial charge on any atom is -0.463 e. The number of carbonyl (C=O) groups is 2. The summed E-state index contributed by atoms with van der Waals surface area (Å²) in [5, 5.41) is 2.81. The first kappa shape index (κ1) is 26.8. The molecule has 0 spiro atoms. The van der Waals surface area contributed by atoms with Crippen molar-refractivity contribution in [1.29, 1.82) is 0 Å². The minimum atomic E-state index is -3.65. The van der Waals surface area contributed by atoms with Crippen molar-refractivity contribution in [1.82, 2.24) is 19.4 Å². The molecule has 2 heterocycles. The number of carbonyl (C=O) groups excluding carboxylic acids is 2. The summed E-state index contributed by atoms with van der Waals surface area (Å²) in [6, 6.07) is 12.4. The number of sulfonamides is 1. The van der Waals surface area contributed by atoms with E-state index in [9.17, 15) is 22.4 Å². The maximum Gasteiger partial charge on any atom is 0.338 e. The Morgan fingerprint density at radius 3 is 2.41 bits per heavy atom. The molecule has 2 aromatic carbocycles. The number of halogens is 1. The van der Waals surface area contributed by atoms with Gasteiger partial charge in [0.1, 0.15) is 5.82 Å². The number of nitrogens with one attached hydrogen (secondary N) is 1. The molecule has 37 heavy (non-hydrogen) atoms. The van der Waals surface area contributed by atoms with E-state index in [0.717, 1.165) is 0 Å². The summed E-state index contributed by atoms with van der Waals surface area (Å²) >= 11 is 0. The quantitative estimate of drug-likeness (QED) is 0.553. The van der Waals surface area contributed by atoms with E-state index >= 15 is 0 Å². The van der Waals surface area contributed by atoms with Gasteiger partial charge in [-0.25, -0.2) is 22.4 Å². The fourth-order valence-electron chi connectivity index (χ4n) is 4.76. The van der Waals surface area contributed by atoms with Gasteiger partial charge < -0.3 is 10.1 Å². The van der Waals surface area contributed by atoms with E-state index in [4.69, 9.17) is 4.74 Å². The topological polar surface area (TPSA) is 99.3 Å². The molecule has 11 heteroatoms. The predicted octanol–water partition coefficient (Wildman–Crippen LogP) is 2.73. The highest BCUT2D eigenvalue weighted by molar-refractivity contribution is 7.89. The van der Waals surface area contributed by atoms with Gasteiger partial charge in [0.15, 0.2) is 0 Å². The summed E-state index contributed by atoms with van der Waals surface area (Å²) in [5.41, 5.74) is 1.28. The average Bonchev–Trinajstić information content (AvgIpc) is 2.87. The maximum atomic E-state index is 13.6. The van der Waals surface area contributed by atoms with Crippen LogP contribution in [0.25, 0.3) is 0 Å². The molecule has 2 aliphatic rings. The number of hydrogen-bond donors (Lipinski definition) is 1. The van der Waals surface area contributed by atoms with Crippen molar-refractivity contribution in [3.63, 3.8) is 0 Å². The molecule has 2 aromatic rings. The van der Waals surface area contributed by atoms with Gasteiger partial charge in [-0.15, -0.1) is 0 Å². The Labute approximate surface area is 216 Å². The molecule has 0 bridgehead atoms. The summed E-state index contributed by atoms with van der Waals surface area (Å²) in [4.78, 5) is 29.6. The van der Waals surface area contributed by atoms with E-state index in [2.05, 4.69) is 5.32 Å². The molecule has 0 unspecified atom stereocenters. The molecule has 0 radical (unpaired) electrons. The molecule has 1 N–H and O–H groups in total. The van der Waals surface area contributed by atoms with Gasteiger partial charge in [-0.1, -0.05) is 30.3 Å². The van der Waals surface area contributed by atoms with Crippen LogP contribution in [0.2, 0.25) is 0 Å². The summed E-state index contributed by atoms with van der Waals surface area (Å²) in [6.45, 7) is 5.00. The lowest BCUT2D eigenvalue weighted by molar-refractivity contribution is -0.139. The van der Waals surface area contributed by atoms with Crippen LogP contribution >= 0.6 is 0 Å². The monoisotopic (exact) mass is 530 g/mol. The molecular formula is C26H31FN4O5S. The fourth-order valence-corrected chi connectivity index (χ4v) is 6.39. The zero-order valence-electron chi connectivity index (χ0n) is 21.1. The molecule has 0 saturated carbocycles. The molecule has 0 aromatic heterocycles. The van der Waals surface area contributed by atoms with E-state index in [0.29, 0.717) is 24.4 Å². The predicted molar refractivity (Wildman–Crippen MR) is 135 cm³/mol. The van der Waals surface area contributed by atoms with Gasteiger partial charge in [-0.05, 0) is 43.7 Å². The SMILES string of the molecule is CCOC(=O)C1=C(CN2CCN(S(=O)(=O)c3ccccc3)[C@@H](C)C2)N(C)C(=O)N[C@@H]1c1ccc(F)cc1. The molecule has 2 amide bonds. The van der Waals surface area contributed by atoms with Crippen LogP contribution in [0.5, 0.6) is 0 Å². The smallest absolute Gasteiger partial charge is 0.338 e. The summed E-state index contributed by atoms with van der Waals surface area (Å²) in [6.07, 6.45) is 0. The van der Waals surface area contributed by atoms with Gasteiger partial charge in [0.25, 0.3) is 0 Å². The standard InChI is InChI=1S/C26H31FN4O5S/c1-4-36-25(32)23-22(29(3)26(33)28-24(23)19-10-12-20(27)13-11-19)17-30-14-15-31(18(2)16-30)37(34,35)21-8-6-5-7-9-21/h5-13,18,24H,4,14-17H2,1-3H3,(H,28,33)/t18-,24+/m0/s1. The maximum absolute atomic E-state index is 13.6. The number of hydrogen-bond acceptors (Lipinski definition) is 6. The summed E-state index contributed by atoms with van der Waals surface area (Å²) < 4.78 is 46.7. The molecule has 0 aliphatic carbocycles. The number of piperazine rings is 1. The van der Waals surface area contributed by atoms with Crippen LogP contribution in [0, 0.1) is 5.82 Å². The number of ether oxygens (including phenoxy) is 1. The van der Waals surface area contributed by atoms with Crippen molar-refractivity contribution in [2.24, 2.45) is 0 Å². The van der Waals surface area contributed by atoms with Crippen LogP contribution in [-0.2, 0) is 19.6 Å². The first-order valence-electron chi connectivity index (χ1n) is 12.1. The number of amides is 2. The number of likely N-dealkylation sites (N-methyl/N-ethyl adjacent to an activating group) is 1. The average molecular weight is 531 g/mol. The zero-order chi connectivity index (χ0) is 26.7. The first-order chi connectivity index (χ1) is 17.6. The second-order valence-electron chi connectivity index (χ2n) is 9.09. The van der Waals surface area contributed by atoms with Crippen molar-refractivity contribution in [3.05, 3.63) is 77.2 Å². The molecular weight excluding hydrogens is 499 g/mol. The lowest BCUT2D eigenvalue weighted by Gasteiger charge is -2.41. The largest absolute Gasteiger partial charge is 0.463 e. The third-order valence-corrected chi connectivity index (χ3v) is 8.68. The van der Waals surface area contributed by atoms with Gasteiger partial charge in [0, 0.05) is 45.0 Å². The molecule has 2 atom stereocenters. The summed E-state index contributed by atoms with van der Waals surface area (Å²) in [5.74, 6) is -1.00. The molecule has 198 valence electrons. The second-order valence-corrected chi connectivity index (χ2v) is 11.0.